The number of rotatable bonds is 6. The Kier molecular flexibility index (Phi) is 5.82. The van der Waals surface area contributed by atoms with E-state index >= 15 is 0 Å². The normalized spacial score (nSPS) is 31.1. The third-order valence-electron chi connectivity index (χ3n) is 11.7. The molecule has 7 rings (SSSR count). The number of aryl methyl sites for hydroxylation is 1. The number of amides is 3. The second-order valence-electron chi connectivity index (χ2n) is 13.4. The molecule has 3 heterocycles. The fourth-order valence-electron chi connectivity index (χ4n) is 9.20. The largest absolute Gasteiger partial charge is 0.347 e. The number of fused-ring (bicyclic) bond motifs is 4. The van der Waals surface area contributed by atoms with Crippen LogP contribution in [0.2, 0.25) is 0 Å². The quantitative estimate of drug-likeness (QED) is 0.538. The lowest BCUT2D eigenvalue weighted by molar-refractivity contribution is -0.129. The van der Waals surface area contributed by atoms with Crippen LogP contribution in [0.4, 0.5) is 4.79 Å². The van der Waals surface area contributed by atoms with E-state index in [9.17, 15) is 18.0 Å². The fraction of sp³-hybridized carbons (Fsp3) is 0.633. The maximum atomic E-state index is 14.2. The summed E-state index contributed by atoms with van der Waals surface area (Å²) in [7, 11) is -3.60. The molecular formula is C30H39N5O4S. The van der Waals surface area contributed by atoms with Crippen molar-refractivity contribution in [2.45, 2.75) is 76.8 Å². The van der Waals surface area contributed by atoms with Gasteiger partial charge in [-0.3, -0.25) is 9.69 Å². The standard InChI is InChI=1S/C30H39N5O4S/c1-28(2)22-8-10-30(28,25(15-22)35-26(36)18-33(27(35)37)17-23-16-31-20-32-23)19-40(38,39)34-13-11-29(12-14-34)9-7-21-5-3-4-6-24(21)29/h3-6,16,20,22,25H,7-15,17-19H2,1-2H3,(H,31,32)/t22-,25+,30-/m1/s1. The first-order chi connectivity index (χ1) is 19.1. The van der Waals surface area contributed by atoms with Gasteiger partial charge in [0.25, 0.3) is 5.91 Å². The first-order valence-electron chi connectivity index (χ1n) is 14.7. The van der Waals surface area contributed by atoms with Gasteiger partial charge in [0.1, 0.15) is 6.54 Å². The van der Waals surface area contributed by atoms with Gasteiger partial charge < -0.3 is 9.88 Å². The number of sulfonamides is 1. The van der Waals surface area contributed by atoms with Gasteiger partial charge in [-0.05, 0) is 72.8 Å². The van der Waals surface area contributed by atoms with Gasteiger partial charge in [-0.2, -0.15) is 0 Å². The van der Waals surface area contributed by atoms with Gasteiger partial charge >= 0.3 is 6.03 Å². The fourth-order valence-corrected chi connectivity index (χ4v) is 11.5. The minimum absolute atomic E-state index is 0.00460. The Morgan fingerprint density at radius 2 is 1.85 bits per heavy atom. The van der Waals surface area contributed by atoms with E-state index in [1.807, 2.05) is 0 Å². The second-order valence-corrected chi connectivity index (χ2v) is 15.4. The van der Waals surface area contributed by atoms with Crippen LogP contribution in [0, 0.1) is 16.7 Å². The summed E-state index contributed by atoms with van der Waals surface area (Å²) in [6.07, 6.45) is 9.40. The van der Waals surface area contributed by atoms with Crippen LogP contribution in [-0.2, 0) is 33.2 Å². The Balaban J connectivity index is 1.13. The van der Waals surface area contributed by atoms with Crippen molar-refractivity contribution in [2.24, 2.45) is 16.7 Å². The van der Waals surface area contributed by atoms with Crippen LogP contribution in [0.25, 0.3) is 0 Å². The molecule has 3 amide bonds. The highest BCUT2D eigenvalue weighted by molar-refractivity contribution is 7.89. The van der Waals surface area contributed by atoms with E-state index in [1.54, 1.807) is 21.7 Å². The van der Waals surface area contributed by atoms with Crippen molar-refractivity contribution >= 4 is 22.0 Å². The van der Waals surface area contributed by atoms with E-state index < -0.39 is 21.5 Å². The Labute approximate surface area is 236 Å². The number of urea groups is 1. The van der Waals surface area contributed by atoms with Crippen molar-refractivity contribution in [1.29, 1.82) is 0 Å². The number of imidazole rings is 1. The monoisotopic (exact) mass is 565 g/mol. The van der Waals surface area contributed by atoms with Gasteiger partial charge in [0.15, 0.2) is 0 Å². The topological polar surface area (TPSA) is 107 Å². The number of hydrogen-bond donors (Lipinski definition) is 1. The van der Waals surface area contributed by atoms with Crippen molar-refractivity contribution in [2.75, 3.05) is 25.4 Å². The molecule has 2 bridgehead atoms. The molecular weight excluding hydrogens is 526 g/mol. The number of carbonyl (C=O) groups excluding carboxylic acids is 2. The van der Waals surface area contributed by atoms with Crippen molar-refractivity contribution in [3.63, 3.8) is 0 Å². The molecule has 2 aromatic rings. The predicted molar refractivity (Wildman–Crippen MR) is 150 cm³/mol. The molecule has 3 aliphatic carbocycles. The van der Waals surface area contributed by atoms with Crippen LogP contribution < -0.4 is 0 Å². The van der Waals surface area contributed by atoms with Crippen LogP contribution in [0.5, 0.6) is 0 Å². The minimum atomic E-state index is -3.60. The third-order valence-corrected chi connectivity index (χ3v) is 13.7. The average Bonchev–Trinajstić information content (AvgIpc) is 3.71. The van der Waals surface area contributed by atoms with Crippen LogP contribution in [0.1, 0.15) is 69.2 Å². The number of imide groups is 1. The molecule has 2 saturated heterocycles. The number of benzene rings is 1. The van der Waals surface area contributed by atoms with E-state index in [2.05, 4.69) is 48.1 Å². The van der Waals surface area contributed by atoms with E-state index in [-0.39, 0.29) is 47.5 Å². The van der Waals surface area contributed by atoms with Gasteiger partial charge in [0, 0.05) is 30.7 Å². The molecule has 0 unspecified atom stereocenters. The lowest BCUT2D eigenvalue weighted by atomic mass is 9.68. The zero-order valence-electron chi connectivity index (χ0n) is 23.4. The van der Waals surface area contributed by atoms with Crippen LogP contribution in [-0.4, -0.2) is 75.9 Å². The van der Waals surface area contributed by atoms with Gasteiger partial charge in [-0.15, -0.1) is 0 Å². The minimum Gasteiger partial charge on any atom is -0.347 e. The number of nitrogens with zero attached hydrogens (tertiary/aromatic N) is 4. The Bertz CT molecular complexity index is 1450. The van der Waals surface area contributed by atoms with Crippen LogP contribution in [0.15, 0.2) is 36.8 Å². The van der Waals surface area contributed by atoms with Crippen molar-refractivity contribution in [3.8, 4) is 0 Å². The summed E-state index contributed by atoms with van der Waals surface area (Å²) >= 11 is 0. The second kappa shape index (κ2) is 8.89. The maximum absolute atomic E-state index is 14.2. The van der Waals surface area contributed by atoms with Crippen molar-refractivity contribution in [1.82, 2.24) is 24.1 Å². The number of carbonyl (C=O) groups is 2. The number of aromatic nitrogens is 2. The molecule has 2 saturated carbocycles. The number of aromatic amines is 1. The average molecular weight is 566 g/mol. The highest BCUT2D eigenvalue weighted by atomic mass is 32.2. The number of piperidine rings is 1. The first-order valence-corrected chi connectivity index (χ1v) is 16.3. The Morgan fingerprint density at radius 3 is 2.58 bits per heavy atom. The molecule has 214 valence electrons. The molecule has 0 radical (unpaired) electrons. The number of nitrogens with one attached hydrogen (secondary N) is 1. The molecule has 5 aliphatic rings. The summed E-state index contributed by atoms with van der Waals surface area (Å²) in [4.78, 5) is 36.9. The van der Waals surface area contributed by atoms with Crippen LogP contribution in [0.3, 0.4) is 0 Å². The van der Waals surface area contributed by atoms with Crippen molar-refractivity contribution in [3.05, 3.63) is 53.6 Å². The maximum Gasteiger partial charge on any atom is 0.327 e. The Morgan fingerprint density at radius 1 is 1.07 bits per heavy atom. The summed E-state index contributed by atoms with van der Waals surface area (Å²) in [6, 6.07) is 7.92. The predicted octanol–water partition coefficient (Wildman–Crippen LogP) is 3.68. The summed E-state index contributed by atoms with van der Waals surface area (Å²) in [6.45, 7) is 5.67. The molecule has 2 aliphatic heterocycles. The highest BCUT2D eigenvalue weighted by Gasteiger charge is 2.68. The van der Waals surface area contributed by atoms with Gasteiger partial charge in [0.2, 0.25) is 10.0 Å². The lowest BCUT2D eigenvalue weighted by Crippen LogP contribution is -2.56. The summed E-state index contributed by atoms with van der Waals surface area (Å²) in [5, 5.41) is 0. The molecule has 9 nitrogen and oxygen atoms in total. The first kappa shape index (κ1) is 26.2. The lowest BCUT2D eigenvalue weighted by Gasteiger charge is -2.46. The summed E-state index contributed by atoms with van der Waals surface area (Å²) in [5.41, 5.74) is 2.73. The number of hydrogen-bond acceptors (Lipinski definition) is 5. The molecule has 1 aromatic heterocycles. The van der Waals surface area contributed by atoms with Crippen molar-refractivity contribution < 1.29 is 18.0 Å². The number of H-pyrrole nitrogens is 1. The summed E-state index contributed by atoms with van der Waals surface area (Å²) in [5.74, 6) is 0.0547. The third kappa shape index (κ3) is 3.67. The zero-order chi connectivity index (χ0) is 27.9. The Hall–Kier alpha value is -2.72. The molecule has 10 heteroatoms. The molecule has 1 aromatic carbocycles. The van der Waals surface area contributed by atoms with E-state index in [1.165, 1.54) is 16.0 Å². The molecule has 40 heavy (non-hydrogen) atoms. The van der Waals surface area contributed by atoms with E-state index in [0.717, 1.165) is 44.2 Å². The molecule has 1 N–H and O–H groups in total. The highest BCUT2D eigenvalue weighted by Crippen LogP contribution is 2.67. The van der Waals surface area contributed by atoms with Gasteiger partial charge in [-0.25, -0.2) is 22.5 Å². The van der Waals surface area contributed by atoms with Crippen LogP contribution >= 0.6 is 0 Å². The zero-order valence-corrected chi connectivity index (χ0v) is 24.3. The SMILES string of the molecule is CC1(C)[C@@H]2CC[C@@]1(CS(=O)(=O)N1CCC3(CCc4ccccc43)CC1)[C@@H](N1C(=O)CN(Cc3cnc[nH]3)C1=O)C2. The molecule has 3 atom stereocenters. The van der Waals surface area contributed by atoms with E-state index in [0.29, 0.717) is 19.5 Å². The summed E-state index contributed by atoms with van der Waals surface area (Å²) < 4.78 is 30.1. The van der Waals surface area contributed by atoms with Gasteiger partial charge in [-0.1, -0.05) is 38.1 Å². The molecule has 1 spiro atoms. The smallest absolute Gasteiger partial charge is 0.327 e. The van der Waals surface area contributed by atoms with E-state index in [4.69, 9.17) is 0 Å². The van der Waals surface area contributed by atoms with Gasteiger partial charge in [0.05, 0.1) is 24.3 Å². The molecule has 4 fully saturated rings.